The second kappa shape index (κ2) is 7.31. The number of hydrogen-bond acceptors (Lipinski definition) is 2. The van der Waals surface area contributed by atoms with E-state index in [4.69, 9.17) is 11.6 Å². The van der Waals surface area contributed by atoms with Crippen molar-refractivity contribution in [3.63, 3.8) is 0 Å². The van der Waals surface area contributed by atoms with Gasteiger partial charge in [-0.2, -0.15) is 0 Å². The van der Waals surface area contributed by atoms with Crippen molar-refractivity contribution in [1.29, 1.82) is 0 Å². The largest absolute Gasteiger partial charge is 0.353 e. The van der Waals surface area contributed by atoms with Crippen molar-refractivity contribution in [2.45, 2.75) is 25.3 Å². The molecule has 4 heteroatoms. The molecule has 0 bridgehead atoms. The fraction of sp³-hybridized carbons (Fsp3) is 0.400. The zero-order chi connectivity index (χ0) is 13.5. The Kier molecular flexibility index (Phi) is 5.43. The molecule has 2 rings (SSSR count). The Hall–Kier alpha value is -1.32. The lowest BCUT2D eigenvalue weighted by Gasteiger charge is -2.03. The van der Waals surface area contributed by atoms with Crippen LogP contribution in [-0.2, 0) is 4.79 Å². The van der Waals surface area contributed by atoms with Crippen molar-refractivity contribution < 1.29 is 4.79 Å². The fourth-order valence-corrected chi connectivity index (χ4v) is 1.82. The number of hydrogen-bond donors (Lipinski definition) is 2. The van der Waals surface area contributed by atoms with E-state index in [1.54, 1.807) is 12.2 Å². The molecule has 1 aromatic rings. The minimum absolute atomic E-state index is 0.0543. The lowest BCUT2D eigenvalue weighted by atomic mass is 10.2. The Morgan fingerprint density at radius 2 is 2.00 bits per heavy atom. The van der Waals surface area contributed by atoms with Crippen LogP contribution in [0.5, 0.6) is 0 Å². The summed E-state index contributed by atoms with van der Waals surface area (Å²) in [6.45, 7) is 1.69. The molecular weight excluding hydrogens is 260 g/mol. The molecule has 0 spiro atoms. The van der Waals surface area contributed by atoms with Crippen LogP contribution in [0.1, 0.15) is 24.8 Å². The summed E-state index contributed by atoms with van der Waals surface area (Å²) in [7, 11) is 0. The summed E-state index contributed by atoms with van der Waals surface area (Å²) in [5.74, 6) is -0.0543. The van der Waals surface area contributed by atoms with Crippen LogP contribution in [0.4, 0.5) is 0 Å². The summed E-state index contributed by atoms with van der Waals surface area (Å²) in [6, 6.07) is 8.11. The fourth-order valence-electron chi connectivity index (χ4n) is 1.70. The molecule has 0 heterocycles. The van der Waals surface area contributed by atoms with Gasteiger partial charge in [-0.3, -0.25) is 4.79 Å². The number of nitrogens with one attached hydrogen (secondary N) is 2. The van der Waals surface area contributed by atoms with Gasteiger partial charge in [-0.25, -0.2) is 0 Å². The van der Waals surface area contributed by atoms with E-state index >= 15 is 0 Å². The maximum absolute atomic E-state index is 11.5. The molecule has 0 saturated heterocycles. The number of rotatable bonds is 7. The maximum atomic E-state index is 11.5. The van der Waals surface area contributed by atoms with Crippen LogP contribution < -0.4 is 10.6 Å². The lowest BCUT2D eigenvalue weighted by Crippen LogP contribution is -2.26. The van der Waals surface area contributed by atoms with Crippen molar-refractivity contribution in [1.82, 2.24) is 10.6 Å². The highest BCUT2D eigenvalue weighted by molar-refractivity contribution is 6.30. The topological polar surface area (TPSA) is 41.1 Å². The summed E-state index contributed by atoms with van der Waals surface area (Å²) >= 11 is 5.79. The van der Waals surface area contributed by atoms with Crippen LogP contribution >= 0.6 is 11.6 Å². The van der Waals surface area contributed by atoms with Crippen LogP contribution in [0.2, 0.25) is 5.02 Å². The van der Waals surface area contributed by atoms with E-state index in [9.17, 15) is 4.79 Å². The van der Waals surface area contributed by atoms with Gasteiger partial charge in [0, 0.05) is 23.7 Å². The van der Waals surface area contributed by atoms with Gasteiger partial charge < -0.3 is 10.6 Å². The maximum Gasteiger partial charge on any atom is 0.243 e. The second-order valence-electron chi connectivity index (χ2n) is 4.76. The van der Waals surface area contributed by atoms with Crippen molar-refractivity contribution >= 4 is 23.6 Å². The monoisotopic (exact) mass is 278 g/mol. The van der Waals surface area contributed by atoms with Crippen LogP contribution in [0, 0.1) is 0 Å². The Balaban J connectivity index is 1.61. The third-order valence-corrected chi connectivity index (χ3v) is 3.21. The summed E-state index contributed by atoms with van der Waals surface area (Å²) < 4.78 is 0. The average Bonchev–Trinajstić information content (AvgIpc) is 3.22. The normalized spacial score (nSPS) is 14.8. The van der Waals surface area contributed by atoms with Gasteiger partial charge in [0.2, 0.25) is 5.91 Å². The molecule has 1 aliphatic rings. The highest BCUT2D eigenvalue weighted by Crippen LogP contribution is 2.18. The van der Waals surface area contributed by atoms with Crippen LogP contribution in [0.3, 0.4) is 0 Å². The zero-order valence-electron chi connectivity index (χ0n) is 10.9. The molecule has 1 aromatic carbocycles. The number of carbonyl (C=O) groups is 1. The molecule has 102 valence electrons. The van der Waals surface area contributed by atoms with Gasteiger partial charge in [0.15, 0.2) is 0 Å². The van der Waals surface area contributed by atoms with E-state index < -0.39 is 0 Å². The molecule has 19 heavy (non-hydrogen) atoms. The van der Waals surface area contributed by atoms with Gasteiger partial charge in [0.1, 0.15) is 0 Å². The third-order valence-electron chi connectivity index (χ3n) is 2.96. The predicted octanol–water partition coefficient (Wildman–Crippen LogP) is 2.61. The quantitative estimate of drug-likeness (QED) is 0.595. The SMILES string of the molecule is O=C(/C=C/c1ccc(Cl)cc1)NCCCNC1CC1. The van der Waals surface area contributed by atoms with E-state index in [-0.39, 0.29) is 5.91 Å². The summed E-state index contributed by atoms with van der Waals surface area (Å²) in [4.78, 5) is 11.5. The van der Waals surface area contributed by atoms with Gasteiger partial charge in [-0.1, -0.05) is 23.7 Å². The minimum atomic E-state index is -0.0543. The zero-order valence-corrected chi connectivity index (χ0v) is 11.6. The van der Waals surface area contributed by atoms with E-state index in [1.807, 2.05) is 24.3 Å². The first kappa shape index (κ1) is 14.1. The van der Waals surface area contributed by atoms with Crippen molar-refractivity contribution in [3.05, 3.63) is 40.9 Å². The molecule has 0 radical (unpaired) electrons. The molecule has 0 aromatic heterocycles. The summed E-state index contributed by atoms with van der Waals surface area (Å²) in [5, 5.41) is 6.98. The molecule has 2 N–H and O–H groups in total. The summed E-state index contributed by atoms with van der Waals surface area (Å²) in [6.07, 6.45) is 6.91. The molecule has 1 amide bonds. The minimum Gasteiger partial charge on any atom is -0.353 e. The predicted molar refractivity (Wildman–Crippen MR) is 79.1 cm³/mol. The number of benzene rings is 1. The van der Waals surface area contributed by atoms with Crippen molar-refractivity contribution in [2.75, 3.05) is 13.1 Å². The Labute approximate surface area is 119 Å². The third kappa shape index (κ3) is 5.90. The number of carbonyl (C=O) groups excluding carboxylic acids is 1. The van der Waals surface area contributed by atoms with Crippen molar-refractivity contribution in [2.24, 2.45) is 0 Å². The molecule has 3 nitrogen and oxygen atoms in total. The molecule has 1 saturated carbocycles. The van der Waals surface area contributed by atoms with E-state index in [1.165, 1.54) is 12.8 Å². The van der Waals surface area contributed by atoms with Gasteiger partial charge in [0.05, 0.1) is 0 Å². The highest BCUT2D eigenvalue weighted by atomic mass is 35.5. The van der Waals surface area contributed by atoms with Gasteiger partial charge in [-0.15, -0.1) is 0 Å². The van der Waals surface area contributed by atoms with E-state index in [0.29, 0.717) is 11.6 Å². The second-order valence-corrected chi connectivity index (χ2v) is 5.19. The van der Waals surface area contributed by atoms with Crippen LogP contribution in [0.25, 0.3) is 6.08 Å². The Morgan fingerprint density at radius 3 is 2.68 bits per heavy atom. The molecular formula is C15H19ClN2O. The smallest absolute Gasteiger partial charge is 0.243 e. The molecule has 0 aliphatic heterocycles. The van der Waals surface area contributed by atoms with Crippen LogP contribution in [-0.4, -0.2) is 25.0 Å². The first-order valence-corrected chi connectivity index (χ1v) is 7.07. The van der Waals surface area contributed by atoms with E-state index in [0.717, 1.165) is 24.6 Å². The van der Waals surface area contributed by atoms with Crippen molar-refractivity contribution in [3.8, 4) is 0 Å². The lowest BCUT2D eigenvalue weighted by molar-refractivity contribution is -0.116. The van der Waals surface area contributed by atoms with Gasteiger partial charge in [0.25, 0.3) is 0 Å². The van der Waals surface area contributed by atoms with Gasteiger partial charge >= 0.3 is 0 Å². The standard InChI is InChI=1S/C15H19ClN2O/c16-13-5-2-12(3-6-13)4-9-15(19)18-11-1-10-17-14-7-8-14/h2-6,9,14,17H,1,7-8,10-11H2,(H,18,19)/b9-4+. The molecule has 1 aliphatic carbocycles. The first-order valence-electron chi connectivity index (χ1n) is 6.69. The highest BCUT2D eigenvalue weighted by Gasteiger charge is 2.19. The molecule has 0 atom stereocenters. The Morgan fingerprint density at radius 1 is 1.26 bits per heavy atom. The Bertz CT molecular complexity index is 438. The van der Waals surface area contributed by atoms with Gasteiger partial charge in [-0.05, 0) is 49.6 Å². The first-order chi connectivity index (χ1) is 9.24. The molecule has 1 fully saturated rings. The molecule has 0 unspecified atom stereocenters. The van der Waals surface area contributed by atoms with E-state index in [2.05, 4.69) is 10.6 Å². The van der Waals surface area contributed by atoms with Crippen LogP contribution in [0.15, 0.2) is 30.3 Å². The number of halogens is 1. The average molecular weight is 279 g/mol. The number of amides is 1. The summed E-state index contributed by atoms with van der Waals surface area (Å²) in [5.41, 5.74) is 0.968.